The van der Waals surface area contributed by atoms with Crippen molar-refractivity contribution in [2.24, 2.45) is 0 Å². The van der Waals surface area contributed by atoms with E-state index in [-0.39, 0.29) is 11.9 Å². The van der Waals surface area contributed by atoms with Gasteiger partial charge in [0.1, 0.15) is 10.8 Å². The molecule has 0 spiro atoms. The molecule has 98 valence electrons. The zero-order valence-corrected chi connectivity index (χ0v) is 12.1. The number of benzene rings is 1. The van der Waals surface area contributed by atoms with Crippen LogP contribution < -0.4 is 0 Å². The first-order valence-corrected chi connectivity index (χ1v) is 7.11. The number of imidazole rings is 1. The minimum Gasteiger partial charge on any atom is -0.330 e. The van der Waals surface area contributed by atoms with Crippen LogP contribution in [0.5, 0.6) is 0 Å². The van der Waals surface area contributed by atoms with Crippen molar-refractivity contribution in [3.63, 3.8) is 0 Å². The highest BCUT2D eigenvalue weighted by Gasteiger charge is 2.16. The maximum Gasteiger partial charge on any atom is 0.178 e. The van der Waals surface area contributed by atoms with Crippen molar-refractivity contribution in [2.75, 3.05) is 0 Å². The molecule has 0 aliphatic carbocycles. The van der Waals surface area contributed by atoms with Gasteiger partial charge in [0, 0.05) is 11.1 Å². The smallest absolute Gasteiger partial charge is 0.178 e. The lowest BCUT2D eigenvalue weighted by atomic mass is 10.3. The average molecular weight is 293 g/mol. The molecule has 0 aliphatic heterocycles. The molecule has 19 heavy (non-hydrogen) atoms. The Kier molecular flexibility index (Phi) is 2.99. The zero-order chi connectivity index (χ0) is 13.6. The van der Waals surface area contributed by atoms with Gasteiger partial charge in [0.15, 0.2) is 4.77 Å². The van der Waals surface area contributed by atoms with E-state index >= 15 is 0 Å². The maximum atomic E-state index is 13.2. The van der Waals surface area contributed by atoms with Crippen molar-refractivity contribution >= 4 is 34.6 Å². The second-order valence-corrected chi connectivity index (χ2v) is 6.10. The molecule has 1 N–H and O–H groups in total. The number of hydrogen-bond donors (Lipinski definition) is 1. The monoisotopic (exact) mass is 293 g/mol. The van der Waals surface area contributed by atoms with Crippen molar-refractivity contribution in [1.29, 1.82) is 0 Å². The summed E-state index contributed by atoms with van der Waals surface area (Å²) in [4.78, 5) is 8.61. The second-order valence-electron chi connectivity index (χ2n) is 4.45. The van der Waals surface area contributed by atoms with Gasteiger partial charge in [0.05, 0.1) is 17.1 Å². The number of nitrogens with one attached hydrogen (secondary N) is 1. The minimum atomic E-state index is -0.270. The number of aromatic amines is 1. The van der Waals surface area contributed by atoms with E-state index in [4.69, 9.17) is 12.2 Å². The normalized spacial score (nSPS) is 13.0. The van der Waals surface area contributed by atoms with E-state index < -0.39 is 0 Å². The van der Waals surface area contributed by atoms with Gasteiger partial charge in [-0.3, -0.25) is 0 Å². The van der Waals surface area contributed by atoms with Gasteiger partial charge in [-0.1, -0.05) is 0 Å². The number of nitrogens with zero attached hydrogens (tertiary/aromatic N) is 2. The van der Waals surface area contributed by atoms with E-state index in [0.717, 1.165) is 10.5 Å². The number of aromatic nitrogens is 3. The van der Waals surface area contributed by atoms with Gasteiger partial charge in [0.2, 0.25) is 0 Å². The van der Waals surface area contributed by atoms with Crippen LogP contribution in [0.2, 0.25) is 0 Å². The number of hydrogen-bond acceptors (Lipinski definition) is 3. The summed E-state index contributed by atoms with van der Waals surface area (Å²) in [5.41, 5.74) is 1.61. The van der Waals surface area contributed by atoms with Crippen LogP contribution in [0.3, 0.4) is 0 Å². The molecule has 2 aromatic heterocycles. The van der Waals surface area contributed by atoms with Crippen molar-refractivity contribution < 1.29 is 4.39 Å². The average Bonchev–Trinajstić information content (AvgIpc) is 2.91. The fraction of sp³-hybridized carbons (Fsp3) is 0.231. The van der Waals surface area contributed by atoms with Crippen LogP contribution in [0, 0.1) is 17.5 Å². The molecule has 6 heteroatoms. The molecule has 2 heterocycles. The van der Waals surface area contributed by atoms with Crippen LogP contribution in [0.15, 0.2) is 24.4 Å². The minimum absolute atomic E-state index is 0.0328. The highest BCUT2D eigenvalue weighted by Crippen LogP contribution is 2.27. The Labute approximate surface area is 118 Å². The quantitative estimate of drug-likeness (QED) is 0.718. The molecular weight excluding hydrogens is 281 g/mol. The summed E-state index contributed by atoms with van der Waals surface area (Å²) in [6, 6.07) is 4.68. The fourth-order valence-corrected chi connectivity index (χ4v) is 3.35. The maximum absolute atomic E-state index is 13.2. The molecule has 3 aromatic rings. The van der Waals surface area contributed by atoms with E-state index in [1.54, 1.807) is 17.4 Å². The molecular formula is C13H12FN3S2. The van der Waals surface area contributed by atoms with E-state index in [2.05, 4.69) is 9.97 Å². The zero-order valence-electron chi connectivity index (χ0n) is 10.5. The fourth-order valence-electron chi connectivity index (χ4n) is 2.16. The predicted molar refractivity (Wildman–Crippen MR) is 77.7 cm³/mol. The summed E-state index contributed by atoms with van der Waals surface area (Å²) < 4.78 is 15.8. The van der Waals surface area contributed by atoms with Crippen LogP contribution in [0.4, 0.5) is 4.39 Å². The lowest BCUT2D eigenvalue weighted by Crippen LogP contribution is -2.06. The molecule has 1 atom stereocenters. The van der Waals surface area contributed by atoms with Gasteiger partial charge in [-0.15, -0.1) is 11.3 Å². The summed E-state index contributed by atoms with van der Waals surface area (Å²) >= 11 is 6.99. The SMILES string of the molecule is Cc1cnc(C(C)n2c(=S)[nH]c3cc(F)ccc32)s1. The van der Waals surface area contributed by atoms with Crippen LogP contribution in [-0.2, 0) is 0 Å². The number of fused-ring (bicyclic) bond motifs is 1. The summed E-state index contributed by atoms with van der Waals surface area (Å²) in [6.45, 7) is 4.07. The first-order valence-electron chi connectivity index (χ1n) is 5.88. The van der Waals surface area contributed by atoms with E-state index in [1.807, 2.05) is 24.6 Å². The van der Waals surface area contributed by atoms with Crippen LogP contribution in [0.1, 0.15) is 22.9 Å². The van der Waals surface area contributed by atoms with Crippen LogP contribution >= 0.6 is 23.6 Å². The van der Waals surface area contributed by atoms with Gasteiger partial charge in [-0.05, 0) is 44.3 Å². The van der Waals surface area contributed by atoms with Crippen molar-refractivity contribution in [1.82, 2.24) is 14.5 Å². The van der Waals surface area contributed by atoms with E-state index in [1.165, 1.54) is 17.0 Å². The first-order chi connectivity index (χ1) is 9.06. The Morgan fingerprint density at radius 3 is 2.95 bits per heavy atom. The molecule has 1 aromatic carbocycles. The molecule has 0 amide bonds. The largest absolute Gasteiger partial charge is 0.330 e. The van der Waals surface area contributed by atoms with Gasteiger partial charge in [0.25, 0.3) is 0 Å². The summed E-state index contributed by atoms with van der Waals surface area (Å²) in [5.74, 6) is -0.270. The molecule has 0 saturated heterocycles. The third-order valence-electron chi connectivity index (χ3n) is 3.06. The molecule has 3 nitrogen and oxygen atoms in total. The Bertz CT molecular complexity index is 800. The number of halogens is 1. The molecule has 0 fully saturated rings. The number of thiazole rings is 1. The van der Waals surface area contributed by atoms with Crippen molar-refractivity contribution in [3.05, 3.63) is 44.9 Å². The Hall–Kier alpha value is -1.53. The van der Waals surface area contributed by atoms with E-state index in [0.29, 0.717) is 10.3 Å². The molecule has 3 rings (SSSR count). The molecule has 0 aliphatic rings. The topological polar surface area (TPSA) is 33.6 Å². The molecule has 0 saturated carbocycles. The lowest BCUT2D eigenvalue weighted by molar-refractivity contribution is 0.627. The summed E-state index contributed by atoms with van der Waals surface area (Å²) in [6.07, 6.45) is 1.86. The number of H-pyrrole nitrogens is 1. The predicted octanol–water partition coefficient (Wildman–Crippen LogP) is 4.21. The highest BCUT2D eigenvalue weighted by molar-refractivity contribution is 7.71. The highest BCUT2D eigenvalue weighted by atomic mass is 32.1. The number of rotatable bonds is 2. The first kappa shape index (κ1) is 12.5. The third kappa shape index (κ3) is 2.11. The van der Waals surface area contributed by atoms with Crippen LogP contribution in [-0.4, -0.2) is 14.5 Å². The van der Waals surface area contributed by atoms with Gasteiger partial charge < -0.3 is 9.55 Å². The summed E-state index contributed by atoms with van der Waals surface area (Å²) in [5, 5.41) is 0.999. The second kappa shape index (κ2) is 4.54. The van der Waals surface area contributed by atoms with Crippen LogP contribution in [0.25, 0.3) is 11.0 Å². The Balaban J connectivity index is 2.19. The standard InChI is InChI=1S/C13H12FN3S2/c1-7-6-15-12(19-7)8(2)17-11-4-3-9(14)5-10(11)16-13(17)18/h3-6,8H,1-2H3,(H,16,18). The lowest BCUT2D eigenvalue weighted by Gasteiger charge is -2.11. The molecule has 1 unspecified atom stereocenters. The van der Waals surface area contributed by atoms with Gasteiger partial charge in [-0.2, -0.15) is 0 Å². The number of aryl methyl sites for hydroxylation is 1. The van der Waals surface area contributed by atoms with Crippen molar-refractivity contribution in [3.8, 4) is 0 Å². The molecule has 0 bridgehead atoms. The Morgan fingerprint density at radius 2 is 2.26 bits per heavy atom. The molecule has 0 radical (unpaired) electrons. The van der Waals surface area contributed by atoms with Crippen molar-refractivity contribution in [2.45, 2.75) is 19.9 Å². The summed E-state index contributed by atoms with van der Waals surface area (Å²) in [7, 11) is 0. The Morgan fingerprint density at radius 1 is 1.47 bits per heavy atom. The third-order valence-corrected chi connectivity index (χ3v) is 4.44. The van der Waals surface area contributed by atoms with Gasteiger partial charge in [-0.25, -0.2) is 9.37 Å². The van der Waals surface area contributed by atoms with Gasteiger partial charge >= 0.3 is 0 Å². The van der Waals surface area contributed by atoms with E-state index in [9.17, 15) is 4.39 Å².